The van der Waals surface area contributed by atoms with Crippen LogP contribution < -0.4 is 10.6 Å². The van der Waals surface area contributed by atoms with Crippen molar-refractivity contribution in [3.05, 3.63) is 29.3 Å². The van der Waals surface area contributed by atoms with Gasteiger partial charge in [-0.1, -0.05) is 19.9 Å². The molecule has 1 heterocycles. The monoisotopic (exact) mass is 300 g/mol. The summed E-state index contributed by atoms with van der Waals surface area (Å²) in [4.78, 5) is 2.04. The molecule has 2 N–H and O–H groups in total. The van der Waals surface area contributed by atoms with Crippen molar-refractivity contribution in [2.75, 3.05) is 18.0 Å². The summed E-state index contributed by atoms with van der Waals surface area (Å²) in [7, 11) is 0. The van der Waals surface area contributed by atoms with Crippen LogP contribution in [0.5, 0.6) is 0 Å². The summed E-state index contributed by atoms with van der Waals surface area (Å²) in [6, 6.07) is 4.36. The Hall–Kier alpha value is -1.23. The van der Waals surface area contributed by atoms with Gasteiger partial charge in [0, 0.05) is 24.8 Å². The van der Waals surface area contributed by atoms with Crippen LogP contribution in [0.1, 0.15) is 31.9 Å². The van der Waals surface area contributed by atoms with E-state index in [2.05, 4.69) is 13.8 Å². The van der Waals surface area contributed by atoms with Gasteiger partial charge in [0.25, 0.3) is 0 Å². The molecule has 21 heavy (non-hydrogen) atoms. The van der Waals surface area contributed by atoms with Gasteiger partial charge in [0.05, 0.1) is 5.56 Å². The number of nitrogens with zero attached hydrogens (tertiary/aromatic N) is 1. The summed E-state index contributed by atoms with van der Waals surface area (Å²) < 4.78 is 39.8. The van der Waals surface area contributed by atoms with Gasteiger partial charge in [-0.05, 0) is 42.9 Å². The van der Waals surface area contributed by atoms with Crippen molar-refractivity contribution in [3.8, 4) is 0 Å². The molecule has 0 radical (unpaired) electrons. The number of hydrogen-bond donors (Lipinski definition) is 1. The van der Waals surface area contributed by atoms with Gasteiger partial charge in [0.2, 0.25) is 0 Å². The van der Waals surface area contributed by atoms with Gasteiger partial charge < -0.3 is 10.6 Å². The topological polar surface area (TPSA) is 29.3 Å². The Balaban J connectivity index is 2.33. The van der Waals surface area contributed by atoms with Crippen molar-refractivity contribution < 1.29 is 13.2 Å². The highest BCUT2D eigenvalue weighted by atomic mass is 19.4. The standard InChI is InChI=1S/C16H23F3N2/c1-10-8-21(9-11(10)2)14-5-4-13(6-12(3)20)15(7-14)16(17,18)19/h4-5,7,10-12H,6,8-9,20H2,1-3H3. The van der Waals surface area contributed by atoms with Gasteiger partial charge in [-0.2, -0.15) is 13.2 Å². The zero-order chi connectivity index (χ0) is 15.8. The Bertz CT molecular complexity index is 487. The first kappa shape index (κ1) is 16.1. The Kier molecular flexibility index (Phi) is 4.51. The Morgan fingerprint density at radius 2 is 1.81 bits per heavy atom. The summed E-state index contributed by atoms with van der Waals surface area (Å²) in [5.41, 5.74) is 6.04. The first-order valence-corrected chi connectivity index (χ1v) is 7.39. The molecule has 2 rings (SSSR count). The van der Waals surface area contributed by atoms with Crippen LogP contribution >= 0.6 is 0 Å². The van der Waals surface area contributed by atoms with Crippen molar-refractivity contribution in [2.45, 2.75) is 39.4 Å². The molecule has 0 aromatic heterocycles. The summed E-state index contributed by atoms with van der Waals surface area (Å²) in [6.07, 6.45) is -4.10. The van der Waals surface area contributed by atoms with Gasteiger partial charge in [0.1, 0.15) is 0 Å². The number of rotatable bonds is 3. The van der Waals surface area contributed by atoms with Crippen LogP contribution in [0.3, 0.4) is 0 Å². The lowest BCUT2D eigenvalue weighted by Gasteiger charge is -2.22. The van der Waals surface area contributed by atoms with Crippen LogP contribution in [-0.4, -0.2) is 19.1 Å². The molecule has 0 aliphatic carbocycles. The molecular weight excluding hydrogens is 277 g/mol. The third-order valence-electron chi connectivity index (χ3n) is 4.29. The van der Waals surface area contributed by atoms with Gasteiger partial charge in [-0.25, -0.2) is 0 Å². The second-order valence-electron chi connectivity index (χ2n) is 6.38. The van der Waals surface area contributed by atoms with Crippen molar-refractivity contribution in [2.24, 2.45) is 17.6 Å². The van der Waals surface area contributed by atoms with E-state index in [-0.39, 0.29) is 18.0 Å². The molecule has 0 spiro atoms. The highest BCUT2D eigenvalue weighted by Crippen LogP contribution is 2.36. The molecular formula is C16H23F3N2. The minimum Gasteiger partial charge on any atom is -0.371 e. The highest BCUT2D eigenvalue weighted by Gasteiger charge is 2.35. The summed E-state index contributed by atoms with van der Waals surface area (Å²) in [5, 5.41) is 0. The number of nitrogens with two attached hydrogens (primary N) is 1. The predicted molar refractivity (Wildman–Crippen MR) is 79.3 cm³/mol. The van der Waals surface area contributed by atoms with Gasteiger partial charge in [-0.3, -0.25) is 0 Å². The van der Waals surface area contributed by atoms with Crippen molar-refractivity contribution in [1.29, 1.82) is 0 Å². The number of anilines is 1. The van der Waals surface area contributed by atoms with E-state index in [1.807, 2.05) is 4.90 Å². The Morgan fingerprint density at radius 3 is 2.29 bits per heavy atom. The van der Waals surface area contributed by atoms with Gasteiger partial charge >= 0.3 is 6.18 Å². The van der Waals surface area contributed by atoms with E-state index < -0.39 is 11.7 Å². The minimum atomic E-state index is -4.34. The molecule has 0 saturated carbocycles. The fourth-order valence-corrected chi connectivity index (χ4v) is 2.89. The van der Waals surface area contributed by atoms with E-state index in [1.165, 1.54) is 6.07 Å². The van der Waals surface area contributed by atoms with Gasteiger partial charge in [0.15, 0.2) is 0 Å². The Morgan fingerprint density at radius 1 is 1.24 bits per heavy atom. The lowest BCUT2D eigenvalue weighted by atomic mass is 10.00. The zero-order valence-electron chi connectivity index (χ0n) is 12.7. The molecule has 1 aliphatic heterocycles. The smallest absolute Gasteiger partial charge is 0.371 e. The number of benzene rings is 1. The Labute approximate surface area is 124 Å². The molecule has 0 bridgehead atoms. The first-order valence-electron chi connectivity index (χ1n) is 7.39. The third-order valence-corrected chi connectivity index (χ3v) is 4.29. The fraction of sp³-hybridized carbons (Fsp3) is 0.625. The summed E-state index contributed by atoms with van der Waals surface area (Å²) in [6.45, 7) is 7.62. The van der Waals surface area contributed by atoms with Gasteiger partial charge in [-0.15, -0.1) is 0 Å². The fourth-order valence-electron chi connectivity index (χ4n) is 2.89. The van der Waals surface area contributed by atoms with Crippen LogP contribution in [0.2, 0.25) is 0 Å². The third kappa shape index (κ3) is 3.70. The van der Waals surface area contributed by atoms with E-state index in [4.69, 9.17) is 5.73 Å². The molecule has 1 fully saturated rings. The lowest BCUT2D eigenvalue weighted by Crippen LogP contribution is -2.23. The second-order valence-corrected chi connectivity index (χ2v) is 6.38. The number of halogens is 3. The van der Waals surface area contributed by atoms with E-state index >= 15 is 0 Å². The number of alkyl halides is 3. The van der Waals surface area contributed by atoms with E-state index in [0.29, 0.717) is 17.5 Å². The maximum Gasteiger partial charge on any atom is 0.416 e. The van der Waals surface area contributed by atoms with Crippen LogP contribution in [0, 0.1) is 11.8 Å². The SMILES string of the molecule is CC(N)Cc1ccc(N2CC(C)C(C)C2)cc1C(F)(F)F. The summed E-state index contributed by atoms with van der Waals surface area (Å²) in [5.74, 6) is 1.01. The maximum absolute atomic E-state index is 13.3. The molecule has 5 heteroatoms. The average Bonchev–Trinajstić information content (AvgIpc) is 2.68. The molecule has 3 atom stereocenters. The largest absolute Gasteiger partial charge is 0.416 e. The van der Waals surface area contributed by atoms with E-state index in [1.54, 1.807) is 19.1 Å². The van der Waals surface area contributed by atoms with E-state index in [0.717, 1.165) is 13.1 Å². The van der Waals surface area contributed by atoms with E-state index in [9.17, 15) is 13.2 Å². The van der Waals surface area contributed by atoms with Crippen LogP contribution in [-0.2, 0) is 12.6 Å². The van der Waals surface area contributed by atoms with Crippen molar-refractivity contribution >= 4 is 5.69 Å². The molecule has 2 nitrogen and oxygen atoms in total. The molecule has 118 valence electrons. The predicted octanol–water partition coefficient (Wildman–Crippen LogP) is 3.69. The van der Waals surface area contributed by atoms with Crippen molar-refractivity contribution in [1.82, 2.24) is 0 Å². The molecule has 1 aromatic rings. The van der Waals surface area contributed by atoms with Crippen LogP contribution in [0.25, 0.3) is 0 Å². The highest BCUT2D eigenvalue weighted by molar-refractivity contribution is 5.53. The molecule has 1 aromatic carbocycles. The summed E-state index contributed by atoms with van der Waals surface area (Å²) >= 11 is 0. The molecule has 1 aliphatic rings. The van der Waals surface area contributed by atoms with Crippen LogP contribution in [0.15, 0.2) is 18.2 Å². The second kappa shape index (κ2) is 5.87. The quantitative estimate of drug-likeness (QED) is 0.922. The number of hydrogen-bond acceptors (Lipinski definition) is 2. The lowest BCUT2D eigenvalue weighted by molar-refractivity contribution is -0.138. The normalized spacial score (nSPS) is 24.4. The van der Waals surface area contributed by atoms with Crippen molar-refractivity contribution in [3.63, 3.8) is 0 Å². The first-order chi connectivity index (χ1) is 9.68. The molecule has 3 unspecified atom stereocenters. The maximum atomic E-state index is 13.3. The zero-order valence-corrected chi connectivity index (χ0v) is 12.7. The van der Waals surface area contributed by atoms with Crippen LogP contribution in [0.4, 0.5) is 18.9 Å². The molecule has 1 saturated heterocycles. The molecule has 0 amide bonds. The minimum absolute atomic E-state index is 0.238. The average molecular weight is 300 g/mol.